The third-order valence-corrected chi connectivity index (χ3v) is 4.89. The lowest BCUT2D eigenvalue weighted by molar-refractivity contribution is -0.123. The minimum Gasteiger partial charge on any atom is -0.326 e. The Labute approximate surface area is 161 Å². The first-order chi connectivity index (χ1) is 12.6. The lowest BCUT2D eigenvalue weighted by atomic mass is 9.97. The molecule has 2 amide bonds. The molecule has 1 aliphatic heterocycles. The van der Waals surface area contributed by atoms with Crippen LogP contribution in [0.4, 0.5) is 11.4 Å². The molecule has 0 aliphatic carbocycles. The second-order valence-electron chi connectivity index (χ2n) is 6.49. The SMILES string of the molecule is O=C(CN1CCC[C@H](C(=O)Nc2ccccc2)C1)Nc1cccc(Br)c1. The number of rotatable bonds is 5. The van der Waals surface area contributed by atoms with Gasteiger partial charge >= 0.3 is 0 Å². The maximum atomic E-state index is 12.5. The molecule has 1 aliphatic rings. The Morgan fingerprint density at radius 2 is 1.81 bits per heavy atom. The third kappa shape index (κ3) is 5.41. The van der Waals surface area contributed by atoms with Crippen LogP contribution in [0.2, 0.25) is 0 Å². The van der Waals surface area contributed by atoms with Crippen LogP contribution in [0, 0.1) is 5.92 Å². The maximum absolute atomic E-state index is 12.5. The van der Waals surface area contributed by atoms with Crippen molar-refractivity contribution in [1.29, 1.82) is 0 Å². The van der Waals surface area contributed by atoms with Crippen LogP contribution >= 0.6 is 15.9 Å². The first kappa shape index (κ1) is 18.6. The van der Waals surface area contributed by atoms with E-state index in [0.717, 1.165) is 35.2 Å². The minimum atomic E-state index is -0.0948. The highest BCUT2D eigenvalue weighted by Gasteiger charge is 2.26. The number of anilines is 2. The minimum absolute atomic E-state index is 0.0216. The van der Waals surface area contributed by atoms with Crippen molar-refractivity contribution in [3.05, 3.63) is 59.1 Å². The van der Waals surface area contributed by atoms with Crippen molar-refractivity contribution in [1.82, 2.24) is 4.90 Å². The number of hydrogen-bond acceptors (Lipinski definition) is 3. The molecule has 2 aromatic rings. The molecule has 0 bridgehead atoms. The van der Waals surface area contributed by atoms with Crippen molar-refractivity contribution < 1.29 is 9.59 Å². The molecule has 0 unspecified atom stereocenters. The topological polar surface area (TPSA) is 61.4 Å². The van der Waals surface area contributed by atoms with Crippen molar-refractivity contribution in [3.8, 4) is 0 Å². The number of para-hydroxylation sites is 1. The van der Waals surface area contributed by atoms with Crippen LogP contribution in [0.25, 0.3) is 0 Å². The normalized spacial score (nSPS) is 17.5. The molecular formula is C20H22BrN3O2. The molecular weight excluding hydrogens is 394 g/mol. The van der Waals surface area contributed by atoms with Gasteiger partial charge in [0.05, 0.1) is 12.5 Å². The van der Waals surface area contributed by atoms with Gasteiger partial charge in [0.2, 0.25) is 11.8 Å². The Hall–Kier alpha value is -2.18. The van der Waals surface area contributed by atoms with Crippen LogP contribution in [-0.2, 0) is 9.59 Å². The highest BCUT2D eigenvalue weighted by Crippen LogP contribution is 2.19. The van der Waals surface area contributed by atoms with Crippen molar-refractivity contribution in [3.63, 3.8) is 0 Å². The summed E-state index contributed by atoms with van der Waals surface area (Å²) >= 11 is 3.40. The van der Waals surface area contributed by atoms with Crippen molar-refractivity contribution in [2.75, 3.05) is 30.3 Å². The second kappa shape index (κ2) is 8.96. The Bertz CT molecular complexity index is 767. The largest absolute Gasteiger partial charge is 0.326 e. The van der Waals surface area contributed by atoms with Crippen LogP contribution < -0.4 is 10.6 Å². The first-order valence-electron chi connectivity index (χ1n) is 8.74. The van der Waals surface area contributed by atoms with Gasteiger partial charge in [-0.3, -0.25) is 14.5 Å². The summed E-state index contributed by atoms with van der Waals surface area (Å²) in [4.78, 5) is 26.8. The maximum Gasteiger partial charge on any atom is 0.238 e. The van der Waals surface area contributed by atoms with E-state index in [1.165, 1.54) is 0 Å². The van der Waals surface area contributed by atoms with Gasteiger partial charge in [-0.05, 0) is 49.7 Å². The zero-order valence-electron chi connectivity index (χ0n) is 14.5. The molecule has 2 N–H and O–H groups in total. The number of piperidine rings is 1. The molecule has 1 fully saturated rings. The average molecular weight is 416 g/mol. The summed E-state index contributed by atoms with van der Waals surface area (Å²) in [6.07, 6.45) is 1.76. The zero-order valence-corrected chi connectivity index (χ0v) is 16.0. The second-order valence-corrected chi connectivity index (χ2v) is 7.40. The molecule has 136 valence electrons. The number of likely N-dealkylation sites (tertiary alicyclic amines) is 1. The van der Waals surface area contributed by atoms with Crippen LogP contribution in [0.3, 0.4) is 0 Å². The number of hydrogen-bond donors (Lipinski definition) is 2. The van der Waals surface area contributed by atoms with E-state index in [1.54, 1.807) is 0 Å². The Morgan fingerprint density at radius 1 is 1.04 bits per heavy atom. The summed E-state index contributed by atoms with van der Waals surface area (Å²) in [5.74, 6) is -0.136. The highest BCUT2D eigenvalue weighted by atomic mass is 79.9. The molecule has 0 aromatic heterocycles. The van der Waals surface area contributed by atoms with Gasteiger partial charge in [-0.2, -0.15) is 0 Å². The van der Waals surface area contributed by atoms with E-state index >= 15 is 0 Å². The lowest BCUT2D eigenvalue weighted by Crippen LogP contribution is -2.43. The summed E-state index contributed by atoms with van der Waals surface area (Å²) in [6.45, 7) is 1.73. The van der Waals surface area contributed by atoms with Gasteiger partial charge < -0.3 is 10.6 Å². The van der Waals surface area contributed by atoms with E-state index in [4.69, 9.17) is 0 Å². The van der Waals surface area contributed by atoms with Gasteiger partial charge in [0.15, 0.2) is 0 Å². The van der Waals surface area contributed by atoms with Gasteiger partial charge in [0, 0.05) is 22.4 Å². The molecule has 6 heteroatoms. The molecule has 2 aromatic carbocycles. The van der Waals surface area contributed by atoms with Gasteiger partial charge in [-0.15, -0.1) is 0 Å². The molecule has 0 radical (unpaired) electrons. The summed E-state index contributed by atoms with van der Waals surface area (Å²) in [5, 5.41) is 5.86. The monoisotopic (exact) mass is 415 g/mol. The van der Waals surface area contributed by atoms with E-state index in [2.05, 4.69) is 26.6 Å². The number of nitrogens with zero attached hydrogens (tertiary/aromatic N) is 1. The van der Waals surface area contributed by atoms with Gasteiger partial charge in [-0.1, -0.05) is 40.2 Å². The van der Waals surface area contributed by atoms with Crippen LogP contribution in [0.15, 0.2) is 59.1 Å². The van der Waals surface area contributed by atoms with E-state index in [9.17, 15) is 9.59 Å². The van der Waals surface area contributed by atoms with Crippen molar-refractivity contribution in [2.45, 2.75) is 12.8 Å². The molecule has 1 heterocycles. The first-order valence-corrected chi connectivity index (χ1v) is 9.53. The average Bonchev–Trinajstić information content (AvgIpc) is 2.62. The van der Waals surface area contributed by atoms with E-state index in [0.29, 0.717) is 13.1 Å². The molecule has 26 heavy (non-hydrogen) atoms. The van der Waals surface area contributed by atoms with Crippen LogP contribution in [-0.4, -0.2) is 36.3 Å². The molecule has 3 rings (SSSR count). The number of nitrogens with one attached hydrogen (secondary N) is 2. The summed E-state index contributed by atoms with van der Waals surface area (Å²) in [5.41, 5.74) is 1.57. The van der Waals surface area contributed by atoms with Gasteiger partial charge in [-0.25, -0.2) is 0 Å². The summed E-state index contributed by atoms with van der Waals surface area (Å²) in [6, 6.07) is 17.0. The van der Waals surface area contributed by atoms with E-state index in [-0.39, 0.29) is 17.7 Å². The standard InChI is InChI=1S/C20H22BrN3O2/c21-16-7-4-10-18(12-16)22-19(25)14-24-11-5-6-15(13-24)20(26)23-17-8-2-1-3-9-17/h1-4,7-10,12,15H,5-6,11,13-14H2,(H,22,25)(H,23,26)/t15-/m0/s1. The molecule has 0 spiro atoms. The van der Waals surface area contributed by atoms with E-state index in [1.807, 2.05) is 59.5 Å². The molecule has 1 saturated heterocycles. The van der Waals surface area contributed by atoms with Crippen molar-refractivity contribution in [2.24, 2.45) is 5.92 Å². The number of amides is 2. The summed E-state index contributed by atoms with van der Waals surface area (Å²) in [7, 11) is 0. The van der Waals surface area contributed by atoms with Gasteiger partial charge in [0.25, 0.3) is 0 Å². The van der Waals surface area contributed by atoms with Gasteiger partial charge in [0.1, 0.15) is 0 Å². The van der Waals surface area contributed by atoms with Crippen LogP contribution in [0.5, 0.6) is 0 Å². The van der Waals surface area contributed by atoms with Crippen LogP contribution in [0.1, 0.15) is 12.8 Å². The number of halogens is 1. The zero-order chi connectivity index (χ0) is 18.4. The number of carbonyl (C=O) groups is 2. The number of benzene rings is 2. The highest BCUT2D eigenvalue weighted by molar-refractivity contribution is 9.10. The smallest absolute Gasteiger partial charge is 0.238 e. The Morgan fingerprint density at radius 3 is 2.58 bits per heavy atom. The fourth-order valence-electron chi connectivity index (χ4n) is 3.15. The predicted molar refractivity (Wildman–Crippen MR) is 107 cm³/mol. The molecule has 0 saturated carbocycles. The molecule has 1 atom stereocenters. The van der Waals surface area contributed by atoms with Crippen molar-refractivity contribution >= 4 is 39.1 Å². The van der Waals surface area contributed by atoms with E-state index < -0.39 is 0 Å². The Balaban J connectivity index is 1.51. The summed E-state index contributed by atoms with van der Waals surface area (Å²) < 4.78 is 0.922. The quantitative estimate of drug-likeness (QED) is 0.781. The third-order valence-electron chi connectivity index (χ3n) is 4.39. The fraction of sp³-hybridized carbons (Fsp3) is 0.300. The molecule has 5 nitrogen and oxygen atoms in total. The number of carbonyl (C=O) groups excluding carboxylic acids is 2. The fourth-order valence-corrected chi connectivity index (χ4v) is 3.55. The predicted octanol–water partition coefficient (Wildman–Crippen LogP) is 3.74. The lowest BCUT2D eigenvalue weighted by Gasteiger charge is -2.31. The Kier molecular flexibility index (Phi) is 6.41.